The highest BCUT2D eigenvalue weighted by Gasteiger charge is 2.24. The first kappa shape index (κ1) is 16.6. The number of halogens is 2. The van der Waals surface area contributed by atoms with Gasteiger partial charge in [-0.2, -0.15) is 0 Å². The molecule has 1 heterocycles. The number of aromatic nitrogens is 2. The average molecular weight is 494 g/mol. The first-order valence-electron chi connectivity index (χ1n) is 13.9. The molecule has 0 unspecified atom stereocenters. The number of alkyl halides is 2. The van der Waals surface area contributed by atoms with Crippen LogP contribution in [0.5, 0.6) is 0 Å². The van der Waals surface area contributed by atoms with E-state index in [0.29, 0.717) is 11.3 Å². The third kappa shape index (κ3) is 6.98. The summed E-state index contributed by atoms with van der Waals surface area (Å²) in [6, 6.07) is 1.86. The van der Waals surface area contributed by atoms with E-state index >= 15 is 0 Å². The van der Waals surface area contributed by atoms with Crippen molar-refractivity contribution >= 4 is 51.8 Å². The second-order valence-corrected chi connectivity index (χ2v) is 8.06. The van der Waals surface area contributed by atoms with E-state index in [1.54, 1.807) is 11.6 Å². The lowest BCUT2D eigenvalue weighted by atomic mass is 10.0. The van der Waals surface area contributed by atoms with Crippen LogP contribution in [-0.2, 0) is 23.1 Å². The Labute approximate surface area is 210 Å². The number of carbonyl (C=O) groups is 2. The van der Waals surface area contributed by atoms with Crippen LogP contribution in [0.4, 0.5) is 5.69 Å². The lowest BCUT2D eigenvalue weighted by Gasteiger charge is -2.22. The van der Waals surface area contributed by atoms with Gasteiger partial charge < -0.3 is 25.6 Å². The van der Waals surface area contributed by atoms with E-state index in [1.165, 1.54) is 18.2 Å². The van der Waals surface area contributed by atoms with Gasteiger partial charge in [-0.1, -0.05) is 13.8 Å². The first-order chi connectivity index (χ1) is 18.0. The summed E-state index contributed by atoms with van der Waals surface area (Å²) in [4.78, 5) is 28.6. The maximum Gasteiger partial charge on any atom is 0.326 e. The quantitative estimate of drug-likeness (QED) is 0.369. The van der Waals surface area contributed by atoms with Crippen molar-refractivity contribution in [2.45, 2.75) is 45.2 Å². The van der Waals surface area contributed by atoms with Crippen molar-refractivity contribution in [2.24, 2.45) is 18.7 Å². The molecule has 8 nitrogen and oxygen atoms in total. The SMILES string of the molecule is [2H]C([2H])(Cl)C([2H])([2H])N(c1ccc2c(c1)nc(CC[C@H](N)C(=O)N[C@@H](CC(C)C)C(=O)O)n2C)C([2H])([2H])C([2H])([2H])Cl. The molecule has 2 atom stereocenters. The predicted molar refractivity (Wildman–Crippen MR) is 130 cm³/mol. The second-order valence-electron chi connectivity index (χ2n) is 7.68. The Kier molecular flexibility index (Phi) is 6.35. The molecule has 2 rings (SSSR count). The molecular formula is C22H33Cl2N5O3. The Balaban J connectivity index is 2.38. The van der Waals surface area contributed by atoms with Gasteiger partial charge in [0.1, 0.15) is 11.9 Å². The monoisotopic (exact) mass is 493 g/mol. The van der Waals surface area contributed by atoms with Crippen LogP contribution < -0.4 is 16.0 Å². The molecule has 32 heavy (non-hydrogen) atoms. The number of hydrogen-bond acceptors (Lipinski definition) is 5. The molecule has 0 spiro atoms. The molecule has 1 amide bonds. The van der Waals surface area contributed by atoms with Gasteiger partial charge in [0.05, 0.1) is 22.6 Å². The summed E-state index contributed by atoms with van der Waals surface area (Å²) in [5.41, 5.74) is 6.48. The number of benzene rings is 1. The van der Waals surface area contributed by atoms with Crippen molar-refractivity contribution in [1.29, 1.82) is 0 Å². The molecule has 0 saturated carbocycles. The van der Waals surface area contributed by atoms with E-state index in [1.807, 2.05) is 13.8 Å². The first-order valence-corrected chi connectivity index (χ1v) is 10.7. The van der Waals surface area contributed by atoms with Crippen molar-refractivity contribution in [2.75, 3.05) is 29.6 Å². The third-order valence-electron chi connectivity index (χ3n) is 4.86. The van der Waals surface area contributed by atoms with Crippen molar-refractivity contribution in [1.82, 2.24) is 14.9 Å². The predicted octanol–water partition coefficient (Wildman–Crippen LogP) is 2.73. The third-order valence-corrected chi connectivity index (χ3v) is 5.03. The second kappa shape index (κ2) is 12.3. The normalized spacial score (nSPS) is 18.8. The van der Waals surface area contributed by atoms with Gasteiger partial charge >= 0.3 is 5.97 Å². The number of anilines is 1. The van der Waals surface area contributed by atoms with Crippen LogP contribution in [-0.4, -0.2) is 63.3 Å². The summed E-state index contributed by atoms with van der Waals surface area (Å²) in [7, 11) is 1.67. The molecule has 0 fully saturated rings. The number of carboxylic acids is 1. The molecule has 0 radical (unpaired) electrons. The highest BCUT2D eigenvalue weighted by Crippen LogP contribution is 2.23. The lowest BCUT2D eigenvalue weighted by molar-refractivity contribution is -0.142. The van der Waals surface area contributed by atoms with Crippen molar-refractivity contribution < 1.29 is 25.7 Å². The highest BCUT2D eigenvalue weighted by atomic mass is 35.5. The molecule has 1 aromatic carbocycles. The number of imidazole rings is 1. The van der Waals surface area contributed by atoms with Crippen LogP contribution in [0.2, 0.25) is 0 Å². The topological polar surface area (TPSA) is 113 Å². The molecule has 2 aromatic rings. The van der Waals surface area contributed by atoms with Gasteiger partial charge in [0, 0.05) is 49.3 Å². The maximum atomic E-state index is 12.5. The molecule has 0 aliphatic heterocycles. The van der Waals surface area contributed by atoms with E-state index in [-0.39, 0.29) is 41.3 Å². The summed E-state index contributed by atoms with van der Waals surface area (Å²) in [5, 5.41) is 11.8. The van der Waals surface area contributed by atoms with Crippen LogP contribution in [0.15, 0.2) is 18.2 Å². The number of nitrogens with one attached hydrogen (secondary N) is 1. The molecule has 0 bridgehead atoms. The average Bonchev–Trinajstić information content (AvgIpc) is 3.09. The van der Waals surface area contributed by atoms with E-state index < -0.39 is 48.6 Å². The highest BCUT2D eigenvalue weighted by molar-refractivity contribution is 6.18. The van der Waals surface area contributed by atoms with Gasteiger partial charge in [-0.15, -0.1) is 23.2 Å². The number of rotatable bonds is 13. The van der Waals surface area contributed by atoms with Gasteiger partial charge in [0.2, 0.25) is 5.91 Å². The summed E-state index contributed by atoms with van der Waals surface area (Å²) in [6.45, 7) is -2.87. The fourth-order valence-corrected chi connectivity index (χ4v) is 3.40. The van der Waals surface area contributed by atoms with Crippen LogP contribution in [0, 0.1) is 5.92 Å². The molecule has 178 valence electrons. The van der Waals surface area contributed by atoms with Crippen molar-refractivity contribution in [3.05, 3.63) is 24.0 Å². The summed E-state index contributed by atoms with van der Waals surface area (Å²) in [6.07, 6.45) is 0.543. The number of carbonyl (C=O) groups excluding carboxylic acids is 1. The molecule has 0 aliphatic rings. The van der Waals surface area contributed by atoms with Crippen LogP contribution >= 0.6 is 23.2 Å². The van der Waals surface area contributed by atoms with Gasteiger partial charge in [-0.25, -0.2) is 9.78 Å². The zero-order valence-corrected chi connectivity index (χ0v) is 19.5. The van der Waals surface area contributed by atoms with E-state index in [4.69, 9.17) is 39.9 Å². The Morgan fingerprint density at radius 2 is 1.97 bits per heavy atom. The Bertz CT molecular complexity index is 1210. The molecule has 4 N–H and O–H groups in total. The summed E-state index contributed by atoms with van der Waals surface area (Å²) >= 11 is 11.3. The largest absolute Gasteiger partial charge is 0.480 e. The van der Waals surface area contributed by atoms with Crippen LogP contribution in [0.1, 0.15) is 43.5 Å². The molecular weight excluding hydrogens is 453 g/mol. The fraction of sp³-hybridized carbons (Fsp3) is 0.591. The number of aryl methyl sites for hydroxylation is 2. The standard InChI is InChI=1S/C22H33Cl2N5O3/c1-14(2)12-18(22(31)32)27-21(30)16(25)5-7-20-26-17-13-15(4-6-19(17)28(20)3)29(10-8-23)11-9-24/h4,6,13-14,16,18H,5,7-12,25H2,1-3H3,(H,27,30)(H,31,32)/t16-,18-/m0/s1/i8D2,9D2,10D2,11D2. The number of fused-ring (bicyclic) bond motifs is 1. The number of nitrogens with zero attached hydrogens (tertiary/aromatic N) is 3. The molecule has 10 heteroatoms. The number of hydrogen-bond donors (Lipinski definition) is 3. The van der Waals surface area contributed by atoms with Gasteiger partial charge in [0.15, 0.2) is 0 Å². The Morgan fingerprint density at radius 3 is 2.53 bits per heavy atom. The fourth-order valence-electron chi connectivity index (χ4n) is 3.23. The minimum atomic E-state index is -3.27. The zero-order valence-electron chi connectivity index (χ0n) is 26.0. The van der Waals surface area contributed by atoms with E-state index in [0.717, 1.165) is 0 Å². The van der Waals surface area contributed by atoms with Crippen molar-refractivity contribution in [3.63, 3.8) is 0 Å². The minimum absolute atomic E-state index is 0.0372. The lowest BCUT2D eigenvalue weighted by Crippen LogP contribution is -2.49. The number of carboxylic acid groups (broad SMARTS) is 1. The van der Waals surface area contributed by atoms with Gasteiger partial charge in [-0.3, -0.25) is 4.79 Å². The van der Waals surface area contributed by atoms with Crippen LogP contribution in [0.3, 0.4) is 0 Å². The Hall–Kier alpha value is -2.03. The van der Waals surface area contributed by atoms with E-state index in [2.05, 4.69) is 10.3 Å². The molecule has 0 saturated heterocycles. The summed E-state index contributed by atoms with van der Waals surface area (Å²) < 4.78 is 65.5. The Morgan fingerprint density at radius 1 is 1.31 bits per heavy atom. The minimum Gasteiger partial charge on any atom is -0.480 e. The number of amides is 1. The van der Waals surface area contributed by atoms with E-state index in [9.17, 15) is 14.7 Å². The van der Waals surface area contributed by atoms with Gasteiger partial charge in [-0.05, 0) is 37.0 Å². The van der Waals surface area contributed by atoms with Crippen molar-refractivity contribution in [3.8, 4) is 0 Å². The smallest absolute Gasteiger partial charge is 0.326 e. The number of nitrogens with two attached hydrogens (primary N) is 1. The summed E-state index contributed by atoms with van der Waals surface area (Å²) in [5.74, 6) is -7.61. The van der Waals surface area contributed by atoms with Crippen LogP contribution in [0.25, 0.3) is 11.0 Å². The molecule has 1 aromatic heterocycles. The van der Waals surface area contributed by atoms with Gasteiger partial charge in [0.25, 0.3) is 0 Å². The molecule has 0 aliphatic carbocycles. The number of aliphatic carboxylic acids is 1. The maximum absolute atomic E-state index is 12.5. The zero-order chi connectivity index (χ0) is 31.0.